The number of carbonyl (C=O) groups is 3. The van der Waals surface area contributed by atoms with Gasteiger partial charge in [0.15, 0.2) is 0 Å². The zero-order valence-electron chi connectivity index (χ0n) is 24.2. The Morgan fingerprint density at radius 2 is 1.71 bits per heavy atom. The van der Waals surface area contributed by atoms with Gasteiger partial charge in [0.05, 0.1) is 22.4 Å². The smallest absolute Gasteiger partial charge is 0.242 e. The van der Waals surface area contributed by atoms with Gasteiger partial charge in [-0.25, -0.2) is 9.07 Å². The maximum Gasteiger partial charge on any atom is 0.242 e. The van der Waals surface area contributed by atoms with Gasteiger partial charge in [-0.1, -0.05) is 51.1 Å². The number of benzene rings is 2. The molecule has 3 heterocycles. The van der Waals surface area contributed by atoms with E-state index in [1.807, 2.05) is 37.3 Å². The van der Waals surface area contributed by atoms with Gasteiger partial charge in [-0.2, -0.15) is 5.10 Å². The predicted molar refractivity (Wildman–Crippen MR) is 159 cm³/mol. The van der Waals surface area contributed by atoms with Crippen LogP contribution >= 0.6 is 11.8 Å². The van der Waals surface area contributed by atoms with E-state index in [0.29, 0.717) is 32.0 Å². The number of rotatable bonds is 4. The molecular weight excluding hydrogens is 541 g/mol. The minimum Gasteiger partial charge on any atom is -0.339 e. The lowest BCUT2D eigenvalue weighted by atomic mass is 9.87. The molecule has 2 aliphatic rings. The van der Waals surface area contributed by atoms with Crippen LogP contribution in [0, 0.1) is 12.7 Å². The highest BCUT2D eigenvalue weighted by Gasteiger charge is 2.40. The Kier molecular flexibility index (Phi) is 7.96. The van der Waals surface area contributed by atoms with Crippen LogP contribution in [-0.4, -0.2) is 75.8 Å². The Morgan fingerprint density at radius 3 is 2.34 bits per heavy atom. The van der Waals surface area contributed by atoms with E-state index in [1.165, 1.54) is 30.8 Å². The Labute approximate surface area is 244 Å². The fourth-order valence-electron chi connectivity index (χ4n) is 5.48. The lowest BCUT2D eigenvalue weighted by Gasteiger charge is -2.35. The number of aromatic nitrogens is 2. The van der Waals surface area contributed by atoms with Gasteiger partial charge >= 0.3 is 0 Å². The molecule has 1 atom stereocenters. The molecule has 10 heteroatoms. The van der Waals surface area contributed by atoms with Crippen LogP contribution in [0.3, 0.4) is 0 Å². The number of hydrogen-bond donors (Lipinski definition) is 0. The summed E-state index contributed by atoms with van der Waals surface area (Å²) in [6, 6.07) is 14.3. The number of para-hydroxylation sites is 1. The highest BCUT2D eigenvalue weighted by Crippen LogP contribution is 2.48. The first kappa shape index (κ1) is 28.9. The number of hydrogen-bond acceptors (Lipinski definition) is 5. The summed E-state index contributed by atoms with van der Waals surface area (Å²) >= 11 is 1.43. The van der Waals surface area contributed by atoms with Crippen LogP contribution in [0.1, 0.15) is 55.3 Å². The predicted octanol–water partition coefficient (Wildman–Crippen LogP) is 4.48. The first-order chi connectivity index (χ1) is 19.5. The van der Waals surface area contributed by atoms with E-state index in [9.17, 15) is 18.8 Å². The molecule has 0 saturated carbocycles. The van der Waals surface area contributed by atoms with E-state index >= 15 is 0 Å². The molecule has 1 saturated heterocycles. The lowest BCUT2D eigenvalue weighted by Crippen LogP contribution is -2.53. The van der Waals surface area contributed by atoms with Crippen molar-refractivity contribution in [3.8, 4) is 5.69 Å². The van der Waals surface area contributed by atoms with Gasteiger partial charge in [0.25, 0.3) is 0 Å². The Hall–Kier alpha value is -3.66. The van der Waals surface area contributed by atoms with Crippen LogP contribution in [-0.2, 0) is 19.8 Å². The van der Waals surface area contributed by atoms with Crippen LogP contribution in [0.4, 0.5) is 10.2 Å². The Morgan fingerprint density at radius 1 is 1.02 bits per heavy atom. The van der Waals surface area contributed by atoms with E-state index in [2.05, 4.69) is 20.8 Å². The van der Waals surface area contributed by atoms with E-state index in [-0.39, 0.29) is 41.1 Å². The van der Waals surface area contributed by atoms with Gasteiger partial charge in [-0.3, -0.25) is 19.3 Å². The topological polar surface area (TPSA) is 78.8 Å². The van der Waals surface area contributed by atoms with Crippen molar-refractivity contribution in [2.75, 3.05) is 43.4 Å². The molecule has 5 rings (SSSR count). The number of amides is 3. The average molecular weight is 578 g/mol. The minimum atomic E-state index is -0.407. The first-order valence-corrected chi connectivity index (χ1v) is 14.9. The van der Waals surface area contributed by atoms with Gasteiger partial charge in [0.2, 0.25) is 17.7 Å². The van der Waals surface area contributed by atoms with Crippen molar-refractivity contribution in [1.29, 1.82) is 0 Å². The van der Waals surface area contributed by atoms with Crippen LogP contribution in [0.2, 0.25) is 0 Å². The summed E-state index contributed by atoms with van der Waals surface area (Å²) in [5.41, 5.74) is 3.72. The second kappa shape index (κ2) is 11.3. The normalized spacial score (nSPS) is 17.9. The van der Waals surface area contributed by atoms with Crippen molar-refractivity contribution in [3.05, 3.63) is 76.7 Å². The molecule has 216 valence electrons. The van der Waals surface area contributed by atoms with Crippen molar-refractivity contribution in [2.24, 2.45) is 0 Å². The van der Waals surface area contributed by atoms with Crippen LogP contribution in [0.15, 0.2) is 48.5 Å². The highest BCUT2D eigenvalue weighted by molar-refractivity contribution is 8.00. The fourth-order valence-corrected chi connectivity index (χ4v) is 6.67. The SMILES string of the molecule is CC(=O)N1CCN(C(=O)CN2C(=O)CSC(c3cccc(F)c3)c3c(C(C)(C)C)nn(-c4ccccc4C)c32)CC1. The quantitative estimate of drug-likeness (QED) is 0.457. The summed E-state index contributed by atoms with van der Waals surface area (Å²) in [6.45, 7) is 11.3. The number of nitrogens with zero attached hydrogens (tertiary/aromatic N) is 5. The molecule has 0 radical (unpaired) electrons. The van der Waals surface area contributed by atoms with Crippen molar-refractivity contribution in [2.45, 2.75) is 45.3 Å². The van der Waals surface area contributed by atoms with Crippen molar-refractivity contribution < 1.29 is 18.8 Å². The molecule has 0 N–H and O–H groups in total. The summed E-state index contributed by atoms with van der Waals surface area (Å²) in [6.07, 6.45) is 0. The van der Waals surface area contributed by atoms with Crippen LogP contribution in [0.5, 0.6) is 0 Å². The highest BCUT2D eigenvalue weighted by atomic mass is 32.2. The molecule has 2 aromatic carbocycles. The van der Waals surface area contributed by atoms with Gasteiger partial charge < -0.3 is 9.80 Å². The summed E-state index contributed by atoms with van der Waals surface area (Å²) in [5.74, 6) is -0.0809. The van der Waals surface area contributed by atoms with Crippen molar-refractivity contribution in [1.82, 2.24) is 19.6 Å². The number of piperazine rings is 1. The van der Waals surface area contributed by atoms with Gasteiger partial charge in [0.1, 0.15) is 18.2 Å². The third-order valence-electron chi connectivity index (χ3n) is 7.67. The van der Waals surface area contributed by atoms with Gasteiger partial charge in [-0.15, -0.1) is 11.8 Å². The van der Waals surface area contributed by atoms with Gasteiger partial charge in [-0.05, 0) is 36.2 Å². The fraction of sp³-hybridized carbons (Fsp3) is 0.419. The van der Waals surface area contributed by atoms with E-state index in [0.717, 1.165) is 28.1 Å². The molecule has 0 bridgehead atoms. The molecule has 8 nitrogen and oxygen atoms in total. The molecule has 2 aliphatic heterocycles. The summed E-state index contributed by atoms with van der Waals surface area (Å²) in [7, 11) is 0. The largest absolute Gasteiger partial charge is 0.339 e. The molecular formula is C31H36FN5O3S. The standard InChI is InChI=1S/C31H36FN5O3S/c1-20-9-6-7-12-24(20)37-30-27(29(33-37)31(3,4)5)28(22-10-8-11-23(32)17-22)41-19-26(40)36(30)18-25(39)35-15-13-34(14-16-35)21(2)38/h6-12,17,28H,13-16,18-19H2,1-5H3. The summed E-state index contributed by atoms with van der Waals surface area (Å²) < 4.78 is 16.3. The number of fused-ring (bicyclic) bond motifs is 1. The average Bonchev–Trinajstić information content (AvgIpc) is 3.26. The number of thioether (sulfide) groups is 1. The van der Waals surface area contributed by atoms with Crippen molar-refractivity contribution >= 4 is 35.3 Å². The maximum absolute atomic E-state index is 14.5. The third kappa shape index (κ3) is 5.75. The second-order valence-corrected chi connectivity index (χ2v) is 12.7. The Balaban J connectivity index is 1.66. The lowest BCUT2D eigenvalue weighted by molar-refractivity contribution is -0.137. The first-order valence-electron chi connectivity index (χ1n) is 13.9. The molecule has 3 aromatic rings. The zero-order chi connectivity index (χ0) is 29.5. The summed E-state index contributed by atoms with van der Waals surface area (Å²) in [5, 5.41) is 4.75. The molecule has 1 aromatic heterocycles. The third-order valence-corrected chi connectivity index (χ3v) is 8.92. The molecule has 0 spiro atoms. The van der Waals surface area contributed by atoms with Gasteiger partial charge in [0, 0.05) is 44.1 Å². The number of aryl methyl sites for hydroxylation is 1. The number of anilines is 1. The van der Waals surface area contributed by atoms with Crippen molar-refractivity contribution in [3.63, 3.8) is 0 Å². The molecule has 3 amide bonds. The molecule has 0 aliphatic carbocycles. The zero-order valence-corrected chi connectivity index (χ0v) is 25.0. The maximum atomic E-state index is 14.5. The monoisotopic (exact) mass is 577 g/mol. The molecule has 41 heavy (non-hydrogen) atoms. The minimum absolute atomic E-state index is 0.0123. The second-order valence-electron chi connectivity index (χ2n) is 11.6. The molecule has 1 unspecified atom stereocenters. The molecule has 1 fully saturated rings. The number of carbonyl (C=O) groups excluding carboxylic acids is 3. The van der Waals surface area contributed by atoms with E-state index < -0.39 is 5.41 Å². The van der Waals surface area contributed by atoms with Crippen LogP contribution < -0.4 is 4.90 Å². The summed E-state index contributed by atoms with van der Waals surface area (Å²) in [4.78, 5) is 44.3. The number of halogens is 1. The van der Waals surface area contributed by atoms with Crippen LogP contribution in [0.25, 0.3) is 5.69 Å². The van der Waals surface area contributed by atoms with E-state index in [4.69, 9.17) is 5.10 Å². The Bertz CT molecular complexity index is 1490. The van der Waals surface area contributed by atoms with E-state index in [1.54, 1.807) is 25.4 Å².